The first-order valence-corrected chi connectivity index (χ1v) is 8.17. The lowest BCUT2D eigenvalue weighted by atomic mass is 9.85. The first kappa shape index (κ1) is 15.5. The fourth-order valence-corrected chi connectivity index (χ4v) is 4.04. The maximum atomic E-state index is 13.2. The molecule has 2 fully saturated rings. The van der Waals surface area contributed by atoms with Crippen molar-refractivity contribution in [1.82, 2.24) is 4.90 Å². The van der Waals surface area contributed by atoms with E-state index in [4.69, 9.17) is 4.74 Å². The van der Waals surface area contributed by atoms with Crippen LogP contribution in [0.2, 0.25) is 0 Å². The maximum Gasteiger partial charge on any atom is 0.310 e. The molecule has 3 nitrogen and oxygen atoms in total. The minimum atomic E-state index is -0.237. The molecule has 0 bridgehead atoms. The summed E-state index contributed by atoms with van der Waals surface area (Å²) in [5, 5.41) is 0. The Kier molecular flexibility index (Phi) is 4.48. The van der Waals surface area contributed by atoms with Gasteiger partial charge in [-0.25, -0.2) is 4.39 Å². The summed E-state index contributed by atoms with van der Waals surface area (Å²) < 4.78 is 18.2. The molecule has 2 aliphatic carbocycles. The SMILES string of the molecule is COC(=O)C1C(c2ccc(F)cc2)CCC1N(C)C1CCC1. The summed E-state index contributed by atoms with van der Waals surface area (Å²) in [4.78, 5) is 14.8. The van der Waals surface area contributed by atoms with Gasteiger partial charge in [-0.15, -0.1) is 0 Å². The molecule has 3 rings (SSSR count). The molecule has 0 heterocycles. The standard InChI is InChI=1S/C18H24FNO2/c1-20(14-4-3-5-14)16-11-10-15(17(16)18(21)22-2)12-6-8-13(19)9-7-12/h6-9,14-17H,3-5,10-11H2,1-2H3. The second-order valence-electron chi connectivity index (χ2n) is 6.60. The molecule has 2 saturated carbocycles. The fourth-order valence-electron chi connectivity index (χ4n) is 4.04. The van der Waals surface area contributed by atoms with E-state index in [-0.39, 0.29) is 29.7 Å². The van der Waals surface area contributed by atoms with E-state index in [9.17, 15) is 9.18 Å². The topological polar surface area (TPSA) is 29.5 Å². The number of hydrogen-bond acceptors (Lipinski definition) is 3. The number of carbonyl (C=O) groups excluding carboxylic acids is 1. The highest BCUT2D eigenvalue weighted by Gasteiger charge is 2.46. The lowest BCUT2D eigenvalue weighted by Crippen LogP contribution is -2.48. The number of hydrogen-bond donors (Lipinski definition) is 0. The van der Waals surface area contributed by atoms with Gasteiger partial charge in [-0.3, -0.25) is 9.69 Å². The summed E-state index contributed by atoms with van der Waals surface area (Å²) in [5.41, 5.74) is 1.04. The van der Waals surface area contributed by atoms with E-state index < -0.39 is 0 Å². The molecule has 4 heteroatoms. The molecule has 1 aromatic rings. The van der Waals surface area contributed by atoms with Crippen LogP contribution < -0.4 is 0 Å². The third kappa shape index (κ3) is 2.76. The number of benzene rings is 1. The third-order valence-corrected chi connectivity index (χ3v) is 5.57. The Bertz CT molecular complexity index is 526. The summed E-state index contributed by atoms with van der Waals surface area (Å²) in [6.45, 7) is 0. The number of methoxy groups -OCH3 is 1. The van der Waals surface area contributed by atoms with E-state index in [2.05, 4.69) is 11.9 Å². The molecule has 0 amide bonds. The van der Waals surface area contributed by atoms with Crippen molar-refractivity contribution < 1.29 is 13.9 Å². The molecule has 0 aromatic heterocycles. The maximum absolute atomic E-state index is 13.2. The first-order valence-electron chi connectivity index (χ1n) is 8.17. The third-order valence-electron chi connectivity index (χ3n) is 5.57. The van der Waals surface area contributed by atoms with Gasteiger partial charge in [0.15, 0.2) is 0 Å². The molecule has 1 aromatic carbocycles. The van der Waals surface area contributed by atoms with Crippen molar-refractivity contribution in [2.45, 2.75) is 50.1 Å². The molecule has 120 valence electrons. The van der Waals surface area contributed by atoms with Gasteiger partial charge in [-0.1, -0.05) is 18.6 Å². The van der Waals surface area contributed by atoms with E-state index in [1.807, 2.05) is 12.1 Å². The fraction of sp³-hybridized carbons (Fsp3) is 0.611. The molecule has 22 heavy (non-hydrogen) atoms. The Morgan fingerprint density at radius 1 is 1.18 bits per heavy atom. The van der Waals surface area contributed by atoms with Gasteiger partial charge in [-0.05, 0) is 56.3 Å². The number of esters is 1. The molecule has 3 unspecified atom stereocenters. The lowest BCUT2D eigenvalue weighted by molar-refractivity contribution is -0.148. The summed E-state index contributed by atoms with van der Waals surface area (Å²) in [6, 6.07) is 7.40. The highest BCUT2D eigenvalue weighted by Crippen LogP contribution is 2.44. The number of ether oxygens (including phenoxy) is 1. The van der Waals surface area contributed by atoms with Crippen molar-refractivity contribution >= 4 is 5.97 Å². The highest BCUT2D eigenvalue weighted by molar-refractivity contribution is 5.75. The quantitative estimate of drug-likeness (QED) is 0.799. The predicted octanol–water partition coefficient (Wildman–Crippen LogP) is 3.35. The second kappa shape index (κ2) is 6.37. The molecule has 0 saturated heterocycles. The van der Waals surface area contributed by atoms with Gasteiger partial charge in [0.05, 0.1) is 13.0 Å². The molecule has 0 radical (unpaired) electrons. The van der Waals surface area contributed by atoms with Crippen molar-refractivity contribution in [3.63, 3.8) is 0 Å². The monoisotopic (exact) mass is 305 g/mol. The van der Waals surface area contributed by atoms with E-state index in [1.165, 1.54) is 38.5 Å². The lowest BCUT2D eigenvalue weighted by Gasteiger charge is -2.40. The van der Waals surface area contributed by atoms with Crippen molar-refractivity contribution in [2.24, 2.45) is 5.92 Å². The van der Waals surface area contributed by atoms with Crippen molar-refractivity contribution in [2.75, 3.05) is 14.2 Å². The normalized spacial score (nSPS) is 28.6. The molecule has 0 aliphatic heterocycles. The first-order chi connectivity index (χ1) is 10.6. The second-order valence-corrected chi connectivity index (χ2v) is 6.60. The smallest absolute Gasteiger partial charge is 0.310 e. The summed E-state index contributed by atoms with van der Waals surface area (Å²) in [6.07, 6.45) is 5.68. The molecular weight excluding hydrogens is 281 g/mol. The van der Waals surface area contributed by atoms with Gasteiger partial charge in [0, 0.05) is 12.1 Å². The van der Waals surface area contributed by atoms with Crippen LogP contribution in [0.3, 0.4) is 0 Å². The van der Waals surface area contributed by atoms with Gasteiger partial charge in [-0.2, -0.15) is 0 Å². The number of rotatable bonds is 4. The van der Waals surface area contributed by atoms with Crippen molar-refractivity contribution in [3.8, 4) is 0 Å². The molecule has 3 atom stereocenters. The van der Waals surface area contributed by atoms with Gasteiger partial charge in [0.2, 0.25) is 0 Å². The zero-order chi connectivity index (χ0) is 15.7. The van der Waals surface area contributed by atoms with Gasteiger partial charge < -0.3 is 4.74 Å². The van der Waals surface area contributed by atoms with E-state index in [1.54, 1.807) is 0 Å². The Balaban J connectivity index is 1.83. The minimum Gasteiger partial charge on any atom is -0.469 e. The summed E-state index contributed by atoms with van der Waals surface area (Å²) in [5.74, 6) is -0.399. The molecule has 0 spiro atoms. The van der Waals surface area contributed by atoms with Crippen LogP contribution >= 0.6 is 0 Å². The van der Waals surface area contributed by atoms with E-state index >= 15 is 0 Å². The Morgan fingerprint density at radius 2 is 1.86 bits per heavy atom. The predicted molar refractivity (Wildman–Crippen MR) is 83.1 cm³/mol. The van der Waals surface area contributed by atoms with Gasteiger partial charge in [0.1, 0.15) is 5.82 Å². The van der Waals surface area contributed by atoms with Crippen LogP contribution in [0.5, 0.6) is 0 Å². The number of halogens is 1. The Morgan fingerprint density at radius 3 is 2.41 bits per heavy atom. The minimum absolute atomic E-state index is 0.126. The zero-order valence-corrected chi connectivity index (χ0v) is 13.3. The van der Waals surface area contributed by atoms with Crippen LogP contribution in [0.1, 0.15) is 43.6 Å². The molecule has 0 N–H and O–H groups in total. The Labute approximate surface area is 131 Å². The Hall–Kier alpha value is -1.42. The largest absolute Gasteiger partial charge is 0.469 e. The summed E-state index contributed by atoms with van der Waals surface area (Å²) >= 11 is 0. The van der Waals surface area contributed by atoms with Gasteiger partial charge in [0.25, 0.3) is 0 Å². The highest BCUT2D eigenvalue weighted by atomic mass is 19.1. The van der Waals surface area contributed by atoms with Crippen molar-refractivity contribution in [3.05, 3.63) is 35.6 Å². The van der Waals surface area contributed by atoms with Crippen LogP contribution in [0, 0.1) is 11.7 Å². The molecule has 2 aliphatic rings. The van der Waals surface area contributed by atoms with Crippen LogP contribution in [0.25, 0.3) is 0 Å². The van der Waals surface area contributed by atoms with Gasteiger partial charge >= 0.3 is 5.97 Å². The summed E-state index contributed by atoms with van der Waals surface area (Å²) in [7, 11) is 3.60. The van der Waals surface area contributed by atoms with Crippen LogP contribution in [0.4, 0.5) is 4.39 Å². The average Bonchev–Trinajstić information content (AvgIpc) is 2.90. The van der Waals surface area contributed by atoms with Crippen LogP contribution in [-0.2, 0) is 9.53 Å². The average molecular weight is 305 g/mol. The van der Waals surface area contributed by atoms with E-state index in [0.717, 1.165) is 18.4 Å². The van der Waals surface area contributed by atoms with Crippen LogP contribution in [0.15, 0.2) is 24.3 Å². The number of nitrogens with zero attached hydrogens (tertiary/aromatic N) is 1. The molecular formula is C18H24FNO2. The van der Waals surface area contributed by atoms with E-state index in [0.29, 0.717) is 6.04 Å². The van der Waals surface area contributed by atoms with Crippen LogP contribution in [-0.4, -0.2) is 37.1 Å². The van der Waals surface area contributed by atoms with Crippen molar-refractivity contribution in [1.29, 1.82) is 0 Å². The zero-order valence-electron chi connectivity index (χ0n) is 13.3. The number of carbonyl (C=O) groups is 1.